The van der Waals surface area contributed by atoms with Crippen molar-refractivity contribution in [1.29, 1.82) is 0 Å². The summed E-state index contributed by atoms with van der Waals surface area (Å²) >= 11 is 0. The lowest BCUT2D eigenvalue weighted by Gasteiger charge is -2.38. The second-order valence-electron chi connectivity index (χ2n) is 7.34. The van der Waals surface area contributed by atoms with Gasteiger partial charge in [0.2, 0.25) is 0 Å². The summed E-state index contributed by atoms with van der Waals surface area (Å²) in [6.07, 6.45) is 5.37. The summed E-state index contributed by atoms with van der Waals surface area (Å²) in [5.74, 6) is 1.38. The van der Waals surface area contributed by atoms with Crippen LogP contribution in [0.3, 0.4) is 0 Å². The molecule has 23 heavy (non-hydrogen) atoms. The van der Waals surface area contributed by atoms with Gasteiger partial charge in [-0.15, -0.1) is 0 Å². The van der Waals surface area contributed by atoms with Crippen LogP contribution in [0.25, 0.3) is 0 Å². The number of aromatic hydroxyl groups is 2. The fraction of sp³-hybridized carbons (Fsp3) is 0.632. The number of phenolic OH excluding ortho intramolecular Hbond substituents is 2. The summed E-state index contributed by atoms with van der Waals surface area (Å²) in [6, 6.07) is 0. The molecule has 4 nitrogen and oxygen atoms in total. The van der Waals surface area contributed by atoms with E-state index in [4.69, 9.17) is 0 Å². The van der Waals surface area contributed by atoms with Gasteiger partial charge in [0.05, 0.1) is 6.21 Å². The van der Waals surface area contributed by atoms with Crippen LogP contribution >= 0.6 is 0 Å². The van der Waals surface area contributed by atoms with Gasteiger partial charge in [-0.1, -0.05) is 27.7 Å². The molecular formula is C19H28N2O2. The van der Waals surface area contributed by atoms with Gasteiger partial charge in [0, 0.05) is 35.3 Å². The van der Waals surface area contributed by atoms with Gasteiger partial charge in [0.15, 0.2) is 0 Å². The fourth-order valence-electron chi connectivity index (χ4n) is 3.97. The van der Waals surface area contributed by atoms with Crippen LogP contribution in [0.2, 0.25) is 0 Å². The minimum absolute atomic E-state index is 0.136. The Balaban J connectivity index is 2.04. The second-order valence-corrected chi connectivity index (χ2v) is 7.34. The van der Waals surface area contributed by atoms with Crippen molar-refractivity contribution in [1.82, 2.24) is 5.01 Å². The molecule has 0 bridgehead atoms. The molecule has 4 heteroatoms. The van der Waals surface area contributed by atoms with Crippen molar-refractivity contribution in [2.45, 2.75) is 64.7 Å². The Morgan fingerprint density at radius 1 is 1.00 bits per heavy atom. The summed E-state index contributed by atoms with van der Waals surface area (Å²) in [7, 11) is 0. The third-order valence-electron chi connectivity index (χ3n) is 5.52. The molecule has 126 valence electrons. The maximum atomic E-state index is 10.8. The molecule has 0 spiro atoms. The smallest absolute Gasteiger partial charge is 0.128 e. The average molecular weight is 316 g/mol. The number of hydrazone groups is 1. The Hall–Kier alpha value is -1.71. The molecule has 2 aliphatic rings. The fourth-order valence-corrected chi connectivity index (χ4v) is 3.97. The molecule has 2 N–H and O–H groups in total. The lowest BCUT2D eigenvalue weighted by molar-refractivity contribution is 0.240. The predicted octanol–water partition coefficient (Wildman–Crippen LogP) is 4.26. The van der Waals surface area contributed by atoms with Crippen LogP contribution < -0.4 is 0 Å². The predicted molar refractivity (Wildman–Crippen MR) is 93.7 cm³/mol. The van der Waals surface area contributed by atoms with Gasteiger partial charge in [0.1, 0.15) is 11.5 Å². The van der Waals surface area contributed by atoms with E-state index in [1.165, 1.54) is 19.3 Å². The largest absolute Gasteiger partial charge is 0.507 e. The van der Waals surface area contributed by atoms with Crippen molar-refractivity contribution < 1.29 is 10.2 Å². The van der Waals surface area contributed by atoms with E-state index in [2.05, 4.69) is 24.0 Å². The zero-order valence-corrected chi connectivity index (χ0v) is 14.6. The summed E-state index contributed by atoms with van der Waals surface area (Å²) in [4.78, 5) is 0. The zero-order valence-electron chi connectivity index (χ0n) is 14.6. The number of hydrogen-bond donors (Lipinski definition) is 2. The third-order valence-corrected chi connectivity index (χ3v) is 5.52. The highest BCUT2D eigenvalue weighted by Crippen LogP contribution is 2.57. The van der Waals surface area contributed by atoms with Gasteiger partial charge in [0.25, 0.3) is 0 Å². The number of piperidine rings is 1. The van der Waals surface area contributed by atoms with Gasteiger partial charge in [-0.05, 0) is 37.0 Å². The highest BCUT2D eigenvalue weighted by atomic mass is 16.3. The molecule has 0 unspecified atom stereocenters. The maximum Gasteiger partial charge on any atom is 0.128 e. The van der Waals surface area contributed by atoms with Crippen molar-refractivity contribution >= 4 is 6.21 Å². The van der Waals surface area contributed by atoms with Crippen molar-refractivity contribution in [3.05, 3.63) is 22.3 Å². The highest BCUT2D eigenvalue weighted by molar-refractivity contribution is 5.89. The van der Waals surface area contributed by atoms with Crippen LogP contribution in [-0.2, 0) is 0 Å². The number of benzene rings is 1. The Labute approximate surface area is 138 Å². The number of rotatable bonds is 3. The van der Waals surface area contributed by atoms with Crippen LogP contribution in [0.15, 0.2) is 5.10 Å². The molecule has 0 aromatic heterocycles. The van der Waals surface area contributed by atoms with E-state index in [-0.39, 0.29) is 11.8 Å². The molecule has 1 aliphatic heterocycles. The molecule has 1 fully saturated rings. The van der Waals surface area contributed by atoms with E-state index in [1.54, 1.807) is 6.21 Å². The maximum absolute atomic E-state index is 10.8. The summed E-state index contributed by atoms with van der Waals surface area (Å²) < 4.78 is 0. The summed E-state index contributed by atoms with van der Waals surface area (Å²) in [5.41, 5.74) is 3.34. The first-order valence-corrected chi connectivity index (χ1v) is 8.84. The molecule has 1 aromatic rings. The van der Waals surface area contributed by atoms with Gasteiger partial charge < -0.3 is 10.2 Å². The molecule has 0 amide bonds. The number of fused-ring (bicyclic) bond motifs is 1. The Kier molecular flexibility index (Phi) is 4.26. The lowest BCUT2D eigenvalue weighted by Crippen LogP contribution is -2.25. The summed E-state index contributed by atoms with van der Waals surface area (Å²) in [5, 5.41) is 28.2. The minimum Gasteiger partial charge on any atom is -0.507 e. The average Bonchev–Trinajstić information content (AvgIpc) is 2.54. The number of phenols is 2. The van der Waals surface area contributed by atoms with Crippen molar-refractivity contribution in [3.63, 3.8) is 0 Å². The SMILES string of the molecule is CC(C)c1c(O)c2c(c(O)c1/C=N\N1CCCCC1)[C@@H](C)[C@H]2C. The zero-order chi connectivity index (χ0) is 16.7. The van der Waals surface area contributed by atoms with Crippen molar-refractivity contribution in [2.75, 3.05) is 13.1 Å². The monoisotopic (exact) mass is 316 g/mol. The lowest BCUT2D eigenvalue weighted by atomic mass is 9.67. The normalized spacial score (nSPS) is 24.1. The standard InChI is InChI=1S/C19H28N2O2/c1-11(2)15-14(10-20-21-8-6-5-7-9-21)18(22)16-12(3)13(4)17(16)19(15)23/h10-13,22-23H,5-9H2,1-4H3/b20-10-/t12-,13+/m0/s1. The van der Waals surface area contributed by atoms with Gasteiger partial charge in [-0.25, -0.2) is 0 Å². The molecule has 0 radical (unpaired) electrons. The Morgan fingerprint density at radius 3 is 2.13 bits per heavy atom. The molecule has 1 aliphatic carbocycles. The van der Waals surface area contributed by atoms with E-state index in [0.717, 1.165) is 29.8 Å². The third kappa shape index (κ3) is 2.58. The topological polar surface area (TPSA) is 56.1 Å². The van der Waals surface area contributed by atoms with Crippen molar-refractivity contribution in [2.24, 2.45) is 5.10 Å². The van der Waals surface area contributed by atoms with Crippen LogP contribution in [0.5, 0.6) is 11.5 Å². The van der Waals surface area contributed by atoms with E-state index < -0.39 is 0 Å². The summed E-state index contributed by atoms with van der Waals surface area (Å²) in [6.45, 7) is 10.2. The minimum atomic E-state index is 0.136. The van der Waals surface area contributed by atoms with Gasteiger partial charge in [-0.3, -0.25) is 5.01 Å². The number of hydrogen-bond acceptors (Lipinski definition) is 4. The Morgan fingerprint density at radius 2 is 1.57 bits per heavy atom. The highest BCUT2D eigenvalue weighted by Gasteiger charge is 2.39. The van der Waals surface area contributed by atoms with Crippen LogP contribution in [-0.4, -0.2) is 34.5 Å². The second kappa shape index (κ2) is 6.06. The van der Waals surface area contributed by atoms with Crippen LogP contribution in [0.1, 0.15) is 87.0 Å². The van der Waals surface area contributed by atoms with E-state index in [1.807, 2.05) is 13.8 Å². The van der Waals surface area contributed by atoms with Crippen LogP contribution in [0, 0.1) is 0 Å². The first-order chi connectivity index (χ1) is 10.9. The first kappa shape index (κ1) is 16.2. The van der Waals surface area contributed by atoms with Gasteiger partial charge in [-0.2, -0.15) is 5.10 Å². The first-order valence-electron chi connectivity index (χ1n) is 8.84. The Bertz CT molecular complexity index is 631. The van der Waals surface area contributed by atoms with Crippen LogP contribution in [0.4, 0.5) is 0 Å². The molecular weight excluding hydrogens is 288 g/mol. The van der Waals surface area contributed by atoms with E-state index in [0.29, 0.717) is 23.0 Å². The molecule has 1 saturated heterocycles. The molecule has 1 aromatic carbocycles. The van der Waals surface area contributed by atoms with Crippen molar-refractivity contribution in [3.8, 4) is 11.5 Å². The molecule has 3 rings (SSSR count). The van der Waals surface area contributed by atoms with Gasteiger partial charge >= 0.3 is 0 Å². The molecule has 1 heterocycles. The molecule has 2 atom stereocenters. The molecule has 0 saturated carbocycles. The quantitative estimate of drug-likeness (QED) is 0.647. The van der Waals surface area contributed by atoms with E-state index >= 15 is 0 Å². The number of nitrogens with zero attached hydrogens (tertiary/aromatic N) is 2. The van der Waals surface area contributed by atoms with E-state index in [9.17, 15) is 10.2 Å².